The van der Waals surface area contributed by atoms with E-state index in [1.54, 1.807) is 24.3 Å². The van der Waals surface area contributed by atoms with Crippen LogP contribution in [-0.2, 0) is 0 Å². The predicted molar refractivity (Wildman–Crippen MR) is 118 cm³/mol. The summed E-state index contributed by atoms with van der Waals surface area (Å²) < 4.78 is 4.99. The smallest absolute Gasteiger partial charge is 0.256 e. The van der Waals surface area contributed by atoms with E-state index in [2.05, 4.69) is 14.9 Å². The molecule has 0 saturated heterocycles. The zero-order valence-electron chi connectivity index (χ0n) is 15.0. The van der Waals surface area contributed by atoms with Gasteiger partial charge in [-0.25, -0.2) is 4.98 Å². The van der Waals surface area contributed by atoms with Crippen LogP contribution >= 0.6 is 23.1 Å². The average molecular weight is 417 g/mol. The summed E-state index contributed by atoms with van der Waals surface area (Å²) in [7, 11) is 0. The van der Waals surface area contributed by atoms with Gasteiger partial charge in [0.05, 0.1) is 21.5 Å². The molecule has 7 heteroatoms. The van der Waals surface area contributed by atoms with Crippen LogP contribution in [0.2, 0.25) is 5.02 Å². The van der Waals surface area contributed by atoms with E-state index in [-0.39, 0.29) is 5.91 Å². The third-order valence-corrected chi connectivity index (χ3v) is 5.64. The van der Waals surface area contributed by atoms with Gasteiger partial charge in [-0.1, -0.05) is 46.4 Å². The highest BCUT2D eigenvalue weighted by Crippen LogP contribution is 2.31. The van der Waals surface area contributed by atoms with Gasteiger partial charge in [0.1, 0.15) is 5.52 Å². The van der Waals surface area contributed by atoms with Crippen molar-refractivity contribution in [3.63, 3.8) is 0 Å². The lowest BCUT2D eigenvalue weighted by atomic mass is 10.0. The Bertz CT molecular complexity index is 1360. The summed E-state index contributed by atoms with van der Waals surface area (Å²) in [6.45, 7) is 0. The van der Waals surface area contributed by atoms with Gasteiger partial charge in [-0.05, 0) is 54.0 Å². The van der Waals surface area contributed by atoms with Crippen LogP contribution in [0.4, 0.5) is 5.69 Å². The molecule has 0 spiro atoms. The van der Waals surface area contributed by atoms with Crippen molar-refractivity contribution in [1.82, 2.24) is 14.6 Å². The van der Waals surface area contributed by atoms with Crippen LogP contribution < -0.4 is 5.32 Å². The molecule has 0 aliphatic heterocycles. The van der Waals surface area contributed by atoms with E-state index in [1.165, 1.54) is 11.5 Å². The molecule has 2 aromatic heterocycles. The van der Waals surface area contributed by atoms with Gasteiger partial charge in [-0.3, -0.25) is 4.79 Å². The normalized spacial score (nSPS) is 11.1. The number of hydrogen-bond acceptors (Lipinski definition) is 5. The first-order valence-corrected chi connectivity index (χ1v) is 10.0. The maximum Gasteiger partial charge on any atom is 0.256 e. The number of rotatable bonds is 3. The van der Waals surface area contributed by atoms with Crippen LogP contribution in [0.3, 0.4) is 0 Å². The highest BCUT2D eigenvalue weighted by molar-refractivity contribution is 7.13. The van der Waals surface area contributed by atoms with Crippen molar-refractivity contribution >= 4 is 55.8 Å². The molecule has 0 radical (unpaired) electrons. The fourth-order valence-electron chi connectivity index (χ4n) is 3.24. The van der Waals surface area contributed by atoms with Crippen molar-refractivity contribution in [3.8, 4) is 11.3 Å². The van der Waals surface area contributed by atoms with Gasteiger partial charge < -0.3 is 5.32 Å². The molecule has 2 heterocycles. The number of amides is 1. The molecule has 5 aromatic rings. The summed E-state index contributed by atoms with van der Waals surface area (Å²) in [6, 6.07) is 22.3. The molecule has 0 atom stereocenters. The van der Waals surface area contributed by atoms with E-state index < -0.39 is 0 Å². The maximum atomic E-state index is 13.1. The summed E-state index contributed by atoms with van der Waals surface area (Å²) in [5.41, 5.74) is 4.41. The SMILES string of the molecule is O=C(Nc1ccc(Cl)cc1)c1cc(-c2cccc3nnsc23)nc2ccccc12. The van der Waals surface area contributed by atoms with E-state index >= 15 is 0 Å². The molecule has 0 unspecified atom stereocenters. The van der Waals surface area contributed by atoms with E-state index in [0.29, 0.717) is 22.0 Å². The molecule has 0 fully saturated rings. The highest BCUT2D eigenvalue weighted by Gasteiger charge is 2.16. The Morgan fingerprint density at radius 2 is 1.72 bits per heavy atom. The second kappa shape index (κ2) is 7.24. The lowest BCUT2D eigenvalue weighted by Gasteiger charge is -2.11. The molecule has 0 aliphatic rings. The van der Waals surface area contributed by atoms with Gasteiger partial charge in [-0.2, -0.15) is 0 Å². The summed E-state index contributed by atoms with van der Waals surface area (Å²) in [6.07, 6.45) is 0. The number of carbonyl (C=O) groups is 1. The largest absolute Gasteiger partial charge is 0.322 e. The van der Waals surface area contributed by atoms with Gasteiger partial charge >= 0.3 is 0 Å². The molecule has 1 N–H and O–H groups in total. The lowest BCUT2D eigenvalue weighted by molar-refractivity contribution is 0.102. The van der Waals surface area contributed by atoms with Crippen LogP contribution in [-0.4, -0.2) is 20.5 Å². The Morgan fingerprint density at radius 3 is 2.59 bits per heavy atom. The zero-order chi connectivity index (χ0) is 19.8. The van der Waals surface area contributed by atoms with Crippen LogP contribution in [0.1, 0.15) is 10.4 Å². The van der Waals surface area contributed by atoms with Crippen LogP contribution in [0, 0.1) is 0 Å². The van der Waals surface area contributed by atoms with E-state index in [0.717, 1.165) is 26.7 Å². The summed E-state index contributed by atoms with van der Waals surface area (Å²) in [5.74, 6) is -0.207. The first-order valence-electron chi connectivity index (χ1n) is 8.87. The molecule has 140 valence electrons. The van der Waals surface area contributed by atoms with Crippen LogP contribution in [0.5, 0.6) is 0 Å². The molecular weight excluding hydrogens is 404 g/mol. The number of carbonyl (C=O) groups excluding carboxylic acids is 1. The van der Waals surface area contributed by atoms with Crippen molar-refractivity contribution < 1.29 is 4.79 Å². The Morgan fingerprint density at radius 1 is 0.931 bits per heavy atom. The summed E-state index contributed by atoms with van der Waals surface area (Å²) in [4.78, 5) is 17.9. The third kappa shape index (κ3) is 3.33. The quantitative estimate of drug-likeness (QED) is 0.403. The van der Waals surface area contributed by atoms with Crippen molar-refractivity contribution in [2.75, 3.05) is 5.32 Å². The van der Waals surface area contributed by atoms with E-state index in [4.69, 9.17) is 16.6 Å². The molecule has 0 saturated carbocycles. The standard InChI is InChI=1S/C22H13ClN4OS/c23-13-8-10-14(11-9-13)24-22(28)17-12-20(25-18-6-2-1-4-15(17)18)16-5-3-7-19-21(16)29-27-26-19/h1-12H,(H,24,28). The van der Waals surface area contributed by atoms with Gasteiger partial charge in [0.15, 0.2) is 0 Å². The van der Waals surface area contributed by atoms with Gasteiger partial charge in [-0.15, -0.1) is 5.10 Å². The fraction of sp³-hybridized carbons (Fsp3) is 0. The minimum Gasteiger partial charge on any atom is -0.322 e. The molecular formula is C22H13ClN4OS. The third-order valence-electron chi connectivity index (χ3n) is 4.61. The van der Waals surface area contributed by atoms with Crippen molar-refractivity contribution in [2.24, 2.45) is 0 Å². The number of nitrogens with zero attached hydrogens (tertiary/aromatic N) is 3. The minimum absolute atomic E-state index is 0.207. The number of pyridine rings is 1. The monoisotopic (exact) mass is 416 g/mol. The molecule has 5 rings (SSSR count). The first-order chi connectivity index (χ1) is 14.2. The Labute approximate surface area is 175 Å². The first kappa shape index (κ1) is 17.7. The van der Waals surface area contributed by atoms with E-state index in [1.807, 2.05) is 48.5 Å². The van der Waals surface area contributed by atoms with Crippen molar-refractivity contribution in [2.45, 2.75) is 0 Å². The summed E-state index contributed by atoms with van der Waals surface area (Å²) in [5, 5.41) is 8.49. The number of aromatic nitrogens is 3. The molecule has 1 amide bonds. The fourth-order valence-corrected chi connectivity index (χ4v) is 4.05. The number of benzene rings is 3. The number of halogens is 1. The summed E-state index contributed by atoms with van der Waals surface area (Å²) >= 11 is 7.26. The Hall–Kier alpha value is -3.35. The Balaban J connectivity index is 1.65. The zero-order valence-corrected chi connectivity index (χ0v) is 16.5. The Kier molecular flexibility index (Phi) is 4.42. The average Bonchev–Trinajstić information content (AvgIpc) is 3.23. The van der Waals surface area contributed by atoms with Gasteiger partial charge in [0.25, 0.3) is 5.91 Å². The van der Waals surface area contributed by atoms with Crippen molar-refractivity contribution in [1.29, 1.82) is 0 Å². The molecule has 29 heavy (non-hydrogen) atoms. The van der Waals surface area contributed by atoms with Crippen molar-refractivity contribution in [3.05, 3.63) is 83.4 Å². The molecule has 3 aromatic carbocycles. The van der Waals surface area contributed by atoms with Gasteiger partial charge in [0.2, 0.25) is 0 Å². The predicted octanol–water partition coefficient (Wildman–Crippen LogP) is 5.81. The number of fused-ring (bicyclic) bond motifs is 2. The topological polar surface area (TPSA) is 67.8 Å². The molecule has 5 nitrogen and oxygen atoms in total. The number of nitrogens with one attached hydrogen (secondary N) is 1. The number of hydrogen-bond donors (Lipinski definition) is 1. The maximum absolute atomic E-state index is 13.1. The van der Waals surface area contributed by atoms with Crippen LogP contribution in [0.25, 0.3) is 32.4 Å². The number of anilines is 1. The molecule has 0 bridgehead atoms. The lowest BCUT2D eigenvalue weighted by Crippen LogP contribution is -2.13. The molecule has 0 aliphatic carbocycles. The second-order valence-corrected chi connectivity index (χ2v) is 7.65. The van der Waals surface area contributed by atoms with E-state index in [9.17, 15) is 4.79 Å². The highest BCUT2D eigenvalue weighted by atomic mass is 35.5. The number of para-hydroxylation sites is 1. The van der Waals surface area contributed by atoms with Gasteiger partial charge in [0, 0.05) is 21.7 Å². The minimum atomic E-state index is -0.207. The van der Waals surface area contributed by atoms with Crippen LogP contribution in [0.15, 0.2) is 72.8 Å². The second-order valence-electron chi connectivity index (χ2n) is 6.46.